The molecule has 16 aromatic rings. The average Bonchev–Trinajstić information content (AvgIpc) is 1.70. The zero-order valence-electron chi connectivity index (χ0n) is 75.2. The van der Waals surface area contributed by atoms with E-state index in [1.165, 1.54) is 113 Å². The Morgan fingerprint density at radius 3 is 0.899 bits per heavy atom. The van der Waals surface area contributed by atoms with Gasteiger partial charge in [-0.3, -0.25) is 9.80 Å². The number of piperidine rings is 1. The normalized spacial score (nSPS) is 13.2. The van der Waals surface area contributed by atoms with E-state index in [-0.39, 0.29) is 111 Å². The Hall–Kier alpha value is -15.0. The van der Waals surface area contributed by atoms with Gasteiger partial charge < -0.3 is 49.7 Å². The number of benzene rings is 12. The van der Waals surface area contributed by atoms with Crippen molar-refractivity contribution in [2.45, 2.75) is 65.3 Å². The number of aromatic nitrogens is 9. The van der Waals surface area contributed by atoms with Gasteiger partial charge in [-0.05, 0) is 180 Å². The van der Waals surface area contributed by atoms with E-state index in [4.69, 9.17) is 0 Å². The van der Waals surface area contributed by atoms with Crippen LogP contribution >= 0.6 is 0 Å². The van der Waals surface area contributed by atoms with E-state index in [2.05, 4.69) is 50.5 Å². The van der Waals surface area contributed by atoms with Gasteiger partial charge in [-0.25, -0.2) is 104 Å². The van der Waals surface area contributed by atoms with Crippen LogP contribution in [0.25, 0.3) is 133 Å². The highest BCUT2D eigenvalue weighted by Crippen LogP contribution is 2.45. The maximum atomic E-state index is 15.4. The molecule has 38 heteroatoms. The van der Waals surface area contributed by atoms with Crippen molar-refractivity contribution in [3.63, 3.8) is 0 Å². The Balaban J connectivity index is 0.000000141. The first kappa shape index (κ1) is 98.5. The van der Waals surface area contributed by atoms with Crippen molar-refractivity contribution >= 4 is 68.0 Å². The molecule has 0 amide bonds. The highest BCUT2D eigenvalue weighted by molar-refractivity contribution is 6.07. The molecule has 4 aromatic heterocycles. The maximum Gasteiger partial charge on any atom is 0.338 e. The number of carboxylic acids is 4. The number of aryl methyl sites for hydroxylation is 4. The molecule has 718 valence electrons. The number of halogens is 16. The van der Waals surface area contributed by atoms with E-state index in [0.717, 1.165) is 105 Å². The van der Waals surface area contributed by atoms with E-state index >= 15 is 70.2 Å². The summed E-state index contributed by atoms with van der Waals surface area (Å²) in [6.45, 7) is 11.1. The fraction of sp³-hybridized carbons (Fsp3) is 0.218. The van der Waals surface area contributed by atoms with Crippen LogP contribution in [0.5, 0.6) is 0 Å². The molecule has 6 heterocycles. The molecule has 0 radical (unpaired) electrons. The fourth-order valence-corrected chi connectivity index (χ4v) is 17.3. The Labute approximate surface area is 781 Å². The highest BCUT2D eigenvalue weighted by atomic mass is 19.2. The summed E-state index contributed by atoms with van der Waals surface area (Å²) in [5.74, 6) is -31.0. The van der Waals surface area contributed by atoms with Crippen molar-refractivity contribution in [1.29, 1.82) is 0 Å². The SMILES string of the molecule is CC(C)NCc1cccc(-c2c(F)c(F)c(-c3cc(C(=O)O)c4c(c3)ncn4C)c(F)c2F)c1.CN1CCN(Cc2cccc(-c3c(F)c(F)c(-c4cc(C(=O)O)c5c(c4)ncn5C)c(F)c3F)c2)CC1.CNCc1cccc(-c2c(F)c(F)c(-c3cc(C(=O)O)c4c(c3)ncn4C)c(F)c2F)c1.Cn1nc2cc(-c3c(F)c(F)c(-c4cccc(CN5CCCCC5)c4)c(F)c3F)cc(C(=O)O)c2n1. The van der Waals surface area contributed by atoms with Gasteiger partial charge in [0.2, 0.25) is 0 Å². The van der Waals surface area contributed by atoms with Gasteiger partial charge in [0, 0.05) is 86.6 Å². The van der Waals surface area contributed by atoms with Crippen LogP contribution in [-0.2, 0) is 54.4 Å². The molecule has 0 atom stereocenters. The van der Waals surface area contributed by atoms with Gasteiger partial charge in [0.1, 0.15) is 11.0 Å². The van der Waals surface area contributed by atoms with Crippen LogP contribution in [0.2, 0.25) is 0 Å². The van der Waals surface area contributed by atoms with Crippen molar-refractivity contribution in [2.24, 2.45) is 28.2 Å². The zero-order valence-corrected chi connectivity index (χ0v) is 75.2. The Kier molecular flexibility index (Phi) is 28.9. The van der Waals surface area contributed by atoms with Crippen LogP contribution in [0.3, 0.4) is 0 Å². The lowest BCUT2D eigenvalue weighted by Crippen LogP contribution is -2.43. The number of nitrogens with zero attached hydrogens (tertiary/aromatic N) is 12. The first-order valence-electron chi connectivity index (χ1n) is 43.2. The van der Waals surface area contributed by atoms with Crippen LogP contribution < -0.4 is 10.6 Å². The predicted molar refractivity (Wildman–Crippen MR) is 488 cm³/mol. The van der Waals surface area contributed by atoms with E-state index in [1.54, 1.807) is 70.7 Å². The molecule has 0 aliphatic carbocycles. The number of carbonyl (C=O) groups is 4. The van der Waals surface area contributed by atoms with Gasteiger partial charge in [0.15, 0.2) is 93.1 Å². The van der Waals surface area contributed by atoms with E-state index < -0.39 is 167 Å². The average molecular weight is 1930 g/mol. The summed E-state index contributed by atoms with van der Waals surface area (Å²) < 4.78 is 248. The highest BCUT2D eigenvalue weighted by Gasteiger charge is 2.36. The number of carboxylic acid groups (broad SMARTS) is 4. The van der Waals surface area contributed by atoms with Crippen molar-refractivity contribution in [3.05, 3.63) is 302 Å². The monoisotopic (exact) mass is 1920 g/mol. The molecule has 2 saturated heterocycles. The molecule has 0 unspecified atom stereocenters. The molecule has 2 aliphatic rings. The lowest BCUT2D eigenvalue weighted by molar-refractivity contribution is 0.0687. The lowest BCUT2D eigenvalue weighted by atomic mass is 9.95. The zero-order chi connectivity index (χ0) is 99.9. The minimum Gasteiger partial charge on any atom is -0.478 e. The number of aromatic carboxylic acids is 4. The maximum absolute atomic E-state index is 15.4. The Morgan fingerprint density at radius 2 is 0.597 bits per heavy atom. The molecule has 0 spiro atoms. The van der Waals surface area contributed by atoms with E-state index in [1.807, 2.05) is 20.9 Å². The summed E-state index contributed by atoms with van der Waals surface area (Å²) in [5.41, 5.74) is -6.08. The van der Waals surface area contributed by atoms with Crippen LogP contribution in [0.1, 0.15) is 96.8 Å². The standard InChI is InChI=1S/C27H24F4N4O2.C26H22F4N4O2.C25H21F4N3O2.C23H17F4N3O2/c1-33-6-8-35(9-7-33)13-15-4-3-5-16(10-15)20-22(28)24(30)21(25(31)23(20)29)17-11-18(27(36)37)26-19(12-17)32-14-34(26)2;1-33-31-18-12-16(11-17(26(35)36)25(18)32-33)20-23(29)21(27)19(22(28)24(20)30)15-7-5-6-14(10-15)13-34-8-3-2-4-9-34;1-12(2)30-10-13-5-4-6-14(7-13)18-20(26)22(28)19(23(29)21(18)27)15-8-16(25(33)34)24-17(9-15)31-11-32(24)3;1-28-9-11-4-3-5-12(6-11)16-18(24)20(26)17(21(27)19(16)25)13-7-14(23(31)32)22-15(8-13)29-10-30(22)2/h3-5,10-12,14H,6-9,13H2,1-2H3,(H,36,37);5-7,10-12H,2-4,8-9,13H2,1H3,(H,35,36);4-9,11-12,30H,10H2,1-3H3,(H,33,34);3-8,10,28H,9H2,1-2H3,(H,31,32). The van der Waals surface area contributed by atoms with Gasteiger partial charge in [0.25, 0.3) is 0 Å². The Morgan fingerprint density at radius 1 is 0.324 bits per heavy atom. The van der Waals surface area contributed by atoms with Crippen molar-refractivity contribution < 1.29 is 110 Å². The minimum atomic E-state index is -1.62. The molecule has 6 N–H and O–H groups in total. The van der Waals surface area contributed by atoms with Crippen molar-refractivity contribution in [3.8, 4) is 89.0 Å². The number of likely N-dealkylation sites (N-methyl/N-ethyl adjacent to an activating group) is 1. The second-order valence-corrected chi connectivity index (χ2v) is 33.9. The fourth-order valence-electron chi connectivity index (χ4n) is 17.3. The predicted octanol–water partition coefficient (Wildman–Crippen LogP) is 21.0. The van der Waals surface area contributed by atoms with Crippen LogP contribution in [-0.4, -0.2) is 162 Å². The largest absolute Gasteiger partial charge is 0.478 e. The summed E-state index contributed by atoms with van der Waals surface area (Å²) in [4.78, 5) is 66.7. The topological polar surface area (TPSA) is 267 Å². The minimum absolute atomic E-state index is 0.0115. The Bertz CT molecular complexity index is 7480. The molecule has 0 bridgehead atoms. The number of rotatable bonds is 21. The summed E-state index contributed by atoms with van der Waals surface area (Å²) >= 11 is 0. The third kappa shape index (κ3) is 19.7. The van der Waals surface area contributed by atoms with Crippen LogP contribution in [0, 0.1) is 93.1 Å². The van der Waals surface area contributed by atoms with Gasteiger partial charge in [-0.15, -0.1) is 0 Å². The second-order valence-electron chi connectivity index (χ2n) is 33.9. The van der Waals surface area contributed by atoms with Crippen LogP contribution in [0.4, 0.5) is 70.2 Å². The van der Waals surface area contributed by atoms with E-state index in [9.17, 15) is 39.6 Å². The van der Waals surface area contributed by atoms with Gasteiger partial charge in [-0.2, -0.15) is 15.0 Å². The molecule has 2 aliphatic heterocycles. The molecule has 22 nitrogen and oxygen atoms in total. The molecule has 18 rings (SSSR count). The van der Waals surface area contributed by atoms with Crippen molar-refractivity contribution in [1.82, 2.24) is 69.0 Å². The number of hydrogen-bond acceptors (Lipinski definition) is 14. The van der Waals surface area contributed by atoms with Crippen molar-refractivity contribution in [2.75, 3.05) is 53.4 Å². The summed E-state index contributed by atoms with van der Waals surface area (Å²) in [6, 6.07) is 33.5. The summed E-state index contributed by atoms with van der Waals surface area (Å²) in [5, 5.41) is 52.2. The van der Waals surface area contributed by atoms with Gasteiger partial charge in [0.05, 0.1) is 119 Å². The summed E-state index contributed by atoms with van der Waals surface area (Å²) in [7, 11) is 9.84. The van der Waals surface area contributed by atoms with E-state index in [0.29, 0.717) is 37.3 Å². The number of imidazole rings is 3. The van der Waals surface area contributed by atoms with Crippen LogP contribution in [0.15, 0.2) is 165 Å². The number of hydrogen-bond donors (Lipinski definition) is 6. The third-order valence-corrected chi connectivity index (χ3v) is 24.0. The first-order valence-corrected chi connectivity index (χ1v) is 43.2. The quantitative estimate of drug-likeness (QED) is 0.0288. The molecule has 139 heavy (non-hydrogen) atoms. The third-order valence-electron chi connectivity index (χ3n) is 24.0. The smallest absolute Gasteiger partial charge is 0.338 e. The number of fused-ring (bicyclic) bond motifs is 4. The summed E-state index contributed by atoms with van der Waals surface area (Å²) in [6.07, 6.45) is 7.31. The second kappa shape index (κ2) is 40.7. The van der Waals surface area contributed by atoms with Gasteiger partial charge in [-0.1, -0.05) is 93.1 Å². The molecular weight excluding hydrogens is 1840 g/mol. The lowest BCUT2D eigenvalue weighted by Gasteiger charge is -2.32. The number of piperazine rings is 1. The van der Waals surface area contributed by atoms with Gasteiger partial charge >= 0.3 is 23.9 Å². The molecule has 0 saturated carbocycles. The number of likely N-dealkylation sites (tertiary alicyclic amines) is 1. The molecular formula is C101H84F16N14O8. The first-order chi connectivity index (χ1) is 66.2. The molecule has 2 fully saturated rings. The molecule has 12 aromatic carbocycles. The number of nitrogens with one attached hydrogen (secondary N) is 2.